The summed E-state index contributed by atoms with van der Waals surface area (Å²) in [6.45, 7) is 0. The predicted octanol–water partition coefficient (Wildman–Crippen LogP) is 1.72. The molecule has 26 heavy (non-hydrogen) atoms. The highest BCUT2D eigenvalue weighted by Crippen LogP contribution is 2.38. The Hall–Kier alpha value is -2.29. The summed E-state index contributed by atoms with van der Waals surface area (Å²) in [6, 6.07) is 11.6. The van der Waals surface area contributed by atoms with Crippen molar-refractivity contribution in [1.82, 2.24) is 5.32 Å². The molecule has 0 saturated heterocycles. The van der Waals surface area contributed by atoms with Crippen LogP contribution in [0.4, 0.5) is 4.39 Å². The monoisotopic (exact) mass is 378 g/mol. The molecule has 0 aliphatic heterocycles. The second kappa shape index (κ2) is 7.14. The fourth-order valence-electron chi connectivity index (χ4n) is 3.11. The third kappa shape index (κ3) is 3.92. The molecule has 0 heterocycles. The van der Waals surface area contributed by atoms with Gasteiger partial charge in [-0.15, -0.1) is 0 Å². The van der Waals surface area contributed by atoms with E-state index in [-0.39, 0.29) is 10.8 Å². The molecule has 1 saturated carbocycles. The number of aliphatic hydroxyl groups excluding tert-OH is 1. The van der Waals surface area contributed by atoms with E-state index in [0.29, 0.717) is 12.8 Å². The van der Waals surface area contributed by atoms with Crippen molar-refractivity contribution >= 4 is 15.9 Å². The summed E-state index contributed by atoms with van der Waals surface area (Å²) in [5, 5.41) is 17.4. The largest absolute Gasteiger partial charge is 0.393 e. The molecule has 0 bridgehead atoms. The second-order valence-electron chi connectivity index (χ2n) is 6.43. The Labute approximate surface area is 150 Å². The van der Waals surface area contributed by atoms with Crippen LogP contribution in [-0.4, -0.2) is 25.5 Å². The van der Waals surface area contributed by atoms with Crippen LogP contribution in [0.2, 0.25) is 0 Å². The van der Waals surface area contributed by atoms with Gasteiger partial charge < -0.3 is 10.4 Å². The van der Waals surface area contributed by atoms with Crippen molar-refractivity contribution in [2.24, 2.45) is 11.1 Å². The molecule has 138 valence electrons. The Morgan fingerprint density at radius 2 is 1.85 bits per heavy atom. The van der Waals surface area contributed by atoms with Crippen LogP contribution >= 0.6 is 0 Å². The Bertz CT molecular complexity index is 912. The average Bonchev–Trinajstić information content (AvgIpc) is 2.57. The van der Waals surface area contributed by atoms with Crippen molar-refractivity contribution in [1.29, 1.82) is 0 Å². The van der Waals surface area contributed by atoms with E-state index < -0.39 is 39.5 Å². The molecular formula is C18H19FN2O4S. The first-order valence-electron chi connectivity index (χ1n) is 8.12. The molecule has 1 fully saturated rings. The van der Waals surface area contributed by atoms with Gasteiger partial charge in [-0.25, -0.2) is 17.9 Å². The summed E-state index contributed by atoms with van der Waals surface area (Å²) < 4.78 is 37.0. The van der Waals surface area contributed by atoms with Gasteiger partial charge in [0.05, 0.1) is 22.6 Å². The number of carbonyl (C=O) groups excluding carboxylic acids is 1. The van der Waals surface area contributed by atoms with Gasteiger partial charge in [0.1, 0.15) is 5.82 Å². The van der Waals surface area contributed by atoms with Gasteiger partial charge in [-0.2, -0.15) is 0 Å². The SMILES string of the molecule is NS(=O)(=O)c1ccc(F)c(C(=O)N[C@H](c2ccccc2)C2CC(O)C2)c1. The molecule has 1 aliphatic rings. The first-order valence-corrected chi connectivity index (χ1v) is 9.66. The molecule has 2 aromatic carbocycles. The molecule has 4 N–H and O–H groups in total. The fourth-order valence-corrected chi connectivity index (χ4v) is 3.65. The van der Waals surface area contributed by atoms with Crippen LogP contribution in [0.1, 0.15) is 34.8 Å². The third-order valence-corrected chi connectivity index (χ3v) is 5.49. The maximum absolute atomic E-state index is 14.1. The summed E-state index contributed by atoms with van der Waals surface area (Å²) in [5.41, 5.74) is 0.443. The lowest BCUT2D eigenvalue weighted by Gasteiger charge is -2.38. The molecule has 6 nitrogen and oxygen atoms in total. The summed E-state index contributed by atoms with van der Waals surface area (Å²) >= 11 is 0. The van der Waals surface area contributed by atoms with Gasteiger partial charge in [0, 0.05) is 0 Å². The highest BCUT2D eigenvalue weighted by Gasteiger charge is 2.36. The molecular weight excluding hydrogens is 359 g/mol. The van der Waals surface area contributed by atoms with Crippen LogP contribution in [0.3, 0.4) is 0 Å². The van der Waals surface area contributed by atoms with Gasteiger partial charge >= 0.3 is 0 Å². The topological polar surface area (TPSA) is 109 Å². The van der Waals surface area contributed by atoms with Crippen LogP contribution in [0, 0.1) is 11.7 Å². The number of hydrogen-bond donors (Lipinski definition) is 3. The Morgan fingerprint density at radius 3 is 2.42 bits per heavy atom. The van der Waals surface area contributed by atoms with Gasteiger partial charge in [0.15, 0.2) is 0 Å². The van der Waals surface area contributed by atoms with Gasteiger partial charge in [0.25, 0.3) is 5.91 Å². The standard InChI is InChI=1S/C18H19FN2O4S/c19-16-7-6-14(26(20,24)25)10-15(16)18(23)21-17(12-8-13(22)9-12)11-4-2-1-3-5-11/h1-7,10,12-13,17,22H,8-9H2,(H,21,23)(H2,20,24,25)/t12?,13?,17-/m1/s1. The zero-order chi connectivity index (χ0) is 18.9. The van der Waals surface area contributed by atoms with Gasteiger partial charge in [-0.1, -0.05) is 30.3 Å². The molecule has 2 aromatic rings. The number of nitrogens with two attached hydrogens (primary N) is 1. The fraction of sp³-hybridized carbons (Fsp3) is 0.278. The number of rotatable bonds is 5. The van der Waals surface area contributed by atoms with E-state index in [1.54, 1.807) is 0 Å². The number of aliphatic hydroxyl groups is 1. The van der Waals surface area contributed by atoms with E-state index in [1.165, 1.54) is 0 Å². The molecule has 0 spiro atoms. The van der Waals surface area contributed by atoms with Gasteiger partial charge in [-0.05, 0) is 42.5 Å². The smallest absolute Gasteiger partial charge is 0.254 e. The maximum atomic E-state index is 14.1. The van der Waals surface area contributed by atoms with E-state index in [4.69, 9.17) is 5.14 Å². The van der Waals surface area contributed by atoms with Crippen molar-refractivity contribution in [3.05, 3.63) is 65.5 Å². The van der Waals surface area contributed by atoms with E-state index >= 15 is 0 Å². The lowest BCUT2D eigenvalue weighted by molar-refractivity contribution is 0.0235. The highest BCUT2D eigenvalue weighted by atomic mass is 32.2. The molecule has 8 heteroatoms. The number of hydrogen-bond acceptors (Lipinski definition) is 4. The van der Waals surface area contributed by atoms with Gasteiger partial charge in [0.2, 0.25) is 10.0 Å². The van der Waals surface area contributed by atoms with Gasteiger partial charge in [-0.3, -0.25) is 4.79 Å². The Morgan fingerprint density at radius 1 is 1.19 bits per heavy atom. The lowest BCUT2D eigenvalue weighted by atomic mass is 9.75. The van der Waals surface area contributed by atoms with E-state index in [1.807, 2.05) is 30.3 Å². The summed E-state index contributed by atoms with van der Waals surface area (Å²) in [7, 11) is -4.05. The van der Waals surface area contributed by atoms with Crippen molar-refractivity contribution < 1.29 is 22.7 Å². The first kappa shape index (κ1) is 18.5. The van der Waals surface area contributed by atoms with E-state index in [9.17, 15) is 22.7 Å². The van der Waals surface area contributed by atoms with Crippen LogP contribution in [0.5, 0.6) is 0 Å². The number of amides is 1. The lowest BCUT2D eigenvalue weighted by Crippen LogP contribution is -2.41. The minimum Gasteiger partial charge on any atom is -0.393 e. The number of benzene rings is 2. The number of sulfonamides is 1. The normalized spacial score (nSPS) is 20.9. The highest BCUT2D eigenvalue weighted by molar-refractivity contribution is 7.89. The Kier molecular flexibility index (Phi) is 5.08. The van der Waals surface area contributed by atoms with Crippen LogP contribution < -0.4 is 10.5 Å². The van der Waals surface area contributed by atoms with E-state index in [0.717, 1.165) is 23.8 Å². The molecule has 1 amide bonds. The second-order valence-corrected chi connectivity index (χ2v) is 8.00. The number of primary sulfonamides is 1. The van der Waals surface area contributed by atoms with Crippen molar-refractivity contribution in [2.75, 3.05) is 0 Å². The zero-order valence-corrected chi connectivity index (χ0v) is 14.6. The van der Waals surface area contributed by atoms with E-state index in [2.05, 4.69) is 5.32 Å². The zero-order valence-electron chi connectivity index (χ0n) is 13.8. The van der Waals surface area contributed by atoms with Crippen molar-refractivity contribution in [3.8, 4) is 0 Å². The molecule has 0 aromatic heterocycles. The molecule has 0 unspecified atom stereocenters. The maximum Gasteiger partial charge on any atom is 0.254 e. The van der Waals surface area contributed by atoms with Crippen LogP contribution in [-0.2, 0) is 10.0 Å². The number of nitrogens with one attached hydrogen (secondary N) is 1. The minimum absolute atomic E-state index is 0.0147. The summed E-state index contributed by atoms with van der Waals surface area (Å²) in [5.74, 6) is -1.56. The molecule has 0 radical (unpaired) electrons. The minimum atomic E-state index is -4.05. The first-order chi connectivity index (χ1) is 12.3. The quantitative estimate of drug-likeness (QED) is 0.736. The van der Waals surface area contributed by atoms with Crippen molar-refractivity contribution in [3.63, 3.8) is 0 Å². The predicted molar refractivity (Wildman–Crippen MR) is 93.2 cm³/mol. The molecule has 1 atom stereocenters. The summed E-state index contributed by atoms with van der Waals surface area (Å²) in [4.78, 5) is 12.3. The summed E-state index contributed by atoms with van der Waals surface area (Å²) in [6.07, 6.45) is 0.643. The molecule has 3 rings (SSSR count). The average molecular weight is 378 g/mol. The van der Waals surface area contributed by atoms with Crippen molar-refractivity contribution in [2.45, 2.75) is 29.9 Å². The molecule has 1 aliphatic carbocycles. The Balaban J connectivity index is 1.89. The number of carbonyl (C=O) groups is 1. The third-order valence-electron chi connectivity index (χ3n) is 4.58. The van der Waals surface area contributed by atoms with Crippen LogP contribution in [0.25, 0.3) is 0 Å². The number of halogens is 1. The van der Waals surface area contributed by atoms with Crippen LogP contribution in [0.15, 0.2) is 53.4 Å².